The summed E-state index contributed by atoms with van der Waals surface area (Å²) >= 11 is 0. The van der Waals surface area contributed by atoms with Gasteiger partial charge in [-0.05, 0) is 69.4 Å². The highest BCUT2D eigenvalue weighted by atomic mass is 16.5. The second-order valence-corrected chi connectivity index (χ2v) is 11.8. The summed E-state index contributed by atoms with van der Waals surface area (Å²) in [6.07, 6.45) is 1.94. The summed E-state index contributed by atoms with van der Waals surface area (Å²) in [5.41, 5.74) is 5.97. The van der Waals surface area contributed by atoms with Crippen molar-refractivity contribution < 1.29 is 14.3 Å². The lowest BCUT2D eigenvalue weighted by Gasteiger charge is -2.37. The molecule has 3 amide bonds. The quantitative estimate of drug-likeness (QED) is 0.222. The molecule has 0 radical (unpaired) electrons. The number of aryl methyl sites for hydroxylation is 1. The van der Waals surface area contributed by atoms with Crippen LogP contribution in [-0.4, -0.2) is 79.6 Å². The minimum Gasteiger partial charge on any atom is -0.492 e. The number of fused-ring (bicyclic) bond motifs is 1. The normalized spacial score (nSPS) is 14.9. The second-order valence-electron chi connectivity index (χ2n) is 11.8. The lowest BCUT2D eigenvalue weighted by molar-refractivity contribution is -0.118. The van der Waals surface area contributed by atoms with Gasteiger partial charge in [0.2, 0.25) is 5.91 Å². The van der Waals surface area contributed by atoms with Crippen LogP contribution >= 0.6 is 0 Å². The van der Waals surface area contributed by atoms with Crippen LogP contribution in [-0.2, 0) is 11.3 Å². The van der Waals surface area contributed by atoms with E-state index >= 15 is 0 Å². The van der Waals surface area contributed by atoms with Gasteiger partial charge in [0.1, 0.15) is 11.8 Å². The number of rotatable bonds is 10. The topological polar surface area (TPSA) is 92.9 Å². The molecular formula is C35H44N6O3. The summed E-state index contributed by atoms with van der Waals surface area (Å²) in [5.74, 6) is -0.0118. The lowest BCUT2D eigenvalue weighted by Crippen LogP contribution is -2.56. The van der Waals surface area contributed by atoms with E-state index in [0.717, 1.165) is 47.4 Å². The molecule has 0 spiro atoms. The fourth-order valence-electron chi connectivity index (χ4n) is 5.85. The number of amides is 3. The van der Waals surface area contributed by atoms with E-state index in [1.807, 2.05) is 76.6 Å². The molecule has 0 unspecified atom stereocenters. The van der Waals surface area contributed by atoms with Crippen LogP contribution in [0.3, 0.4) is 0 Å². The molecule has 1 aliphatic rings. The molecule has 0 aliphatic carbocycles. The summed E-state index contributed by atoms with van der Waals surface area (Å²) in [4.78, 5) is 37.3. The zero-order valence-electron chi connectivity index (χ0n) is 26.4. The number of benzene rings is 3. The first kappa shape index (κ1) is 30.9. The molecule has 0 bridgehead atoms. The van der Waals surface area contributed by atoms with Gasteiger partial charge in [0.05, 0.1) is 12.3 Å². The van der Waals surface area contributed by atoms with Gasteiger partial charge in [0, 0.05) is 61.4 Å². The van der Waals surface area contributed by atoms with Gasteiger partial charge < -0.3 is 35.1 Å². The van der Waals surface area contributed by atoms with Gasteiger partial charge in [-0.3, -0.25) is 4.79 Å². The number of nitrogens with one attached hydrogen (secondary N) is 3. The third-order valence-corrected chi connectivity index (χ3v) is 8.24. The average Bonchev–Trinajstić information content (AvgIpc) is 3.45. The number of para-hydroxylation sites is 1. The van der Waals surface area contributed by atoms with E-state index in [0.29, 0.717) is 31.1 Å². The SMILES string of the molecule is CCOc1ccc(CN(C)C)cc1NC(=O)[C@H](NC(=O)N1CCN(c2ccc(C)cc2)CC1)[C@@H](C)c1c[nH]c2ccccc12. The van der Waals surface area contributed by atoms with Gasteiger partial charge >= 0.3 is 6.03 Å². The molecule has 44 heavy (non-hydrogen) atoms. The van der Waals surface area contributed by atoms with Crippen molar-refractivity contribution in [3.63, 3.8) is 0 Å². The Morgan fingerprint density at radius 3 is 2.43 bits per heavy atom. The van der Waals surface area contributed by atoms with Crippen molar-refractivity contribution in [1.82, 2.24) is 20.1 Å². The summed E-state index contributed by atoms with van der Waals surface area (Å²) in [7, 11) is 4.01. The first-order valence-electron chi connectivity index (χ1n) is 15.4. The van der Waals surface area contributed by atoms with Crippen LogP contribution in [0.2, 0.25) is 0 Å². The number of H-pyrrole nitrogens is 1. The van der Waals surface area contributed by atoms with E-state index in [1.54, 1.807) is 4.90 Å². The minimum atomic E-state index is -0.830. The van der Waals surface area contributed by atoms with Gasteiger partial charge in [-0.15, -0.1) is 0 Å². The van der Waals surface area contributed by atoms with Gasteiger partial charge in [0.15, 0.2) is 0 Å². The summed E-state index contributed by atoms with van der Waals surface area (Å²) in [5, 5.41) is 7.25. The van der Waals surface area contributed by atoms with Crippen molar-refractivity contribution in [2.45, 2.75) is 39.3 Å². The summed E-state index contributed by atoms with van der Waals surface area (Å²) < 4.78 is 5.86. The lowest BCUT2D eigenvalue weighted by atomic mass is 9.92. The van der Waals surface area contributed by atoms with E-state index in [2.05, 4.69) is 56.6 Å². The molecule has 1 aromatic heterocycles. The van der Waals surface area contributed by atoms with Crippen molar-refractivity contribution >= 4 is 34.2 Å². The molecule has 3 N–H and O–H groups in total. The average molecular weight is 597 g/mol. The summed E-state index contributed by atoms with van der Waals surface area (Å²) in [6, 6.07) is 21.2. The zero-order chi connectivity index (χ0) is 31.2. The molecule has 1 fully saturated rings. The molecule has 1 saturated heterocycles. The van der Waals surface area contributed by atoms with E-state index in [-0.39, 0.29) is 17.9 Å². The largest absolute Gasteiger partial charge is 0.492 e. The zero-order valence-corrected chi connectivity index (χ0v) is 26.4. The van der Waals surface area contributed by atoms with Crippen LogP contribution in [0.1, 0.15) is 36.5 Å². The van der Waals surface area contributed by atoms with Crippen LogP contribution in [0.5, 0.6) is 5.75 Å². The fourth-order valence-corrected chi connectivity index (χ4v) is 5.85. The maximum atomic E-state index is 14.1. The van der Waals surface area contributed by atoms with Crippen LogP contribution in [0.4, 0.5) is 16.2 Å². The molecule has 4 aromatic rings. The Labute approximate surface area is 260 Å². The van der Waals surface area contributed by atoms with Crippen LogP contribution in [0.15, 0.2) is 72.9 Å². The highest BCUT2D eigenvalue weighted by molar-refractivity contribution is 5.99. The van der Waals surface area contributed by atoms with Gasteiger partial charge in [-0.2, -0.15) is 0 Å². The van der Waals surface area contributed by atoms with E-state index < -0.39 is 6.04 Å². The van der Waals surface area contributed by atoms with Gasteiger partial charge in [-0.25, -0.2) is 4.79 Å². The van der Waals surface area contributed by atoms with Crippen LogP contribution in [0.25, 0.3) is 10.9 Å². The highest BCUT2D eigenvalue weighted by Crippen LogP contribution is 2.31. The Bertz CT molecular complexity index is 1570. The Balaban J connectivity index is 1.37. The minimum absolute atomic E-state index is 0.244. The van der Waals surface area contributed by atoms with E-state index in [9.17, 15) is 9.59 Å². The standard InChI is InChI=1S/C35H44N6O3/c1-6-44-32-16-13-26(23-39(4)5)21-31(32)37-34(42)33(25(3)29-22-36-30-10-8-7-9-28(29)30)38-35(43)41-19-17-40(18-20-41)27-14-11-24(2)12-15-27/h7-16,21-22,25,33,36H,6,17-20,23H2,1-5H3,(H,37,42)(H,38,43)/t25-,33+/m0/s1. The van der Waals surface area contributed by atoms with Crippen molar-refractivity contribution in [3.8, 4) is 5.75 Å². The third-order valence-electron chi connectivity index (χ3n) is 8.24. The van der Waals surface area contributed by atoms with Crippen LogP contribution < -0.4 is 20.3 Å². The van der Waals surface area contributed by atoms with Gasteiger partial charge in [-0.1, -0.05) is 48.9 Å². The maximum absolute atomic E-state index is 14.1. The third kappa shape index (κ3) is 7.17. The number of hydrogen-bond acceptors (Lipinski definition) is 5. The number of carbonyl (C=O) groups is 2. The van der Waals surface area contributed by atoms with E-state index in [1.165, 1.54) is 5.56 Å². The second kappa shape index (κ2) is 13.9. The van der Waals surface area contributed by atoms with Crippen molar-refractivity contribution in [2.75, 3.05) is 57.1 Å². The molecular weight excluding hydrogens is 552 g/mol. The fraction of sp³-hybridized carbons (Fsp3) is 0.371. The molecule has 2 atom stereocenters. The first-order chi connectivity index (χ1) is 21.2. The molecule has 232 valence electrons. The van der Waals surface area contributed by atoms with Crippen LogP contribution in [0, 0.1) is 6.92 Å². The number of aromatic nitrogens is 1. The Hall–Kier alpha value is -4.50. The monoisotopic (exact) mass is 596 g/mol. The predicted octanol–water partition coefficient (Wildman–Crippen LogP) is 5.58. The number of anilines is 2. The molecule has 5 rings (SSSR count). The molecule has 9 nitrogen and oxygen atoms in total. The Kier molecular flexibility index (Phi) is 9.75. The van der Waals surface area contributed by atoms with Crippen molar-refractivity contribution in [3.05, 3.63) is 89.6 Å². The Morgan fingerprint density at radius 2 is 1.73 bits per heavy atom. The smallest absolute Gasteiger partial charge is 0.318 e. The molecule has 9 heteroatoms. The van der Waals surface area contributed by atoms with Crippen molar-refractivity contribution in [2.24, 2.45) is 0 Å². The number of hydrogen-bond donors (Lipinski definition) is 3. The number of aromatic amines is 1. The number of urea groups is 1. The molecule has 0 saturated carbocycles. The maximum Gasteiger partial charge on any atom is 0.318 e. The van der Waals surface area contributed by atoms with Gasteiger partial charge in [0.25, 0.3) is 0 Å². The predicted molar refractivity (Wildman–Crippen MR) is 178 cm³/mol. The highest BCUT2D eigenvalue weighted by Gasteiger charge is 2.32. The number of carbonyl (C=O) groups excluding carboxylic acids is 2. The number of ether oxygens (including phenoxy) is 1. The van der Waals surface area contributed by atoms with Crippen molar-refractivity contribution in [1.29, 1.82) is 0 Å². The summed E-state index contributed by atoms with van der Waals surface area (Å²) in [6.45, 7) is 9.75. The first-order valence-corrected chi connectivity index (χ1v) is 15.4. The molecule has 2 heterocycles. The van der Waals surface area contributed by atoms with E-state index in [4.69, 9.17) is 4.74 Å². The number of nitrogens with zero attached hydrogens (tertiary/aromatic N) is 3. The number of piperazine rings is 1. The Morgan fingerprint density at radius 1 is 1.00 bits per heavy atom. The molecule has 1 aliphatic heterocycles. The molecule has 3 aromatic carbocycles.